The second kappa shape index (κ2) is 7.50. The van der Waals surface area contributed by atoms with Gasteiger partial charge < -0.3 is 9.88 Å². The van der Waals surface area contributed by atoms with Gasteiger partial charge in [-0.05, 0) is 43.2 Å². The zero-order chi connectivity index (χ0) is 20.5. The predicted octanol–water partition coefficient (Wildman–Crippen LogP) is 4.85. The number of rotatable bonds is 4. The molecule has 0 saturated heterocycles. The number of pyridine rings is 1. The monoisotopic (exact) mass is 388 g/mol. The molecule has 7 heteroatoms. The number of aromatic nitrogens is 1. The summed E-state index contributed by atoms with van der Waals surface area (Å²) >= 11 is 0. The quantitative estimate of drug-likeness (QED) is 0.694. The van der Waals surface area contributed by atoms with Gasteiger partial charge >= 0.3 is 6.18 Å². The molecule has 1 amide bonds. The molecule has 1 N–H and O–H groups in total. The minimum Gasteiger partial charge on any atom is -0.347 e. The van der Waals surface area contributed by atoms with Crippen LogP contribution in [0.15, 0.2) is 53.5 Å². The SMILES string of the molecule is CCc1ccccc1NC(=O)c1cn(CC)c2ccc(C(F)(F)F)cc2c1=O. The smallest absolute Gasteiger partial charge is 0.347 e. The van der Waals surface area contributed by atoms with Gasteiger partial charge in [0.15, 0.2) is 0 Å². The average Bonchev–Trinajstić information content (AvgIpc) is 2.67. The third-order valence-electron chi connectivity index (χ3n) is 4.64. The molecule has 0 bridgehead atoms. The summed E-state index contributed by atoms with van der Waals surface area (Å²) in [6.07, 6.45) is -2.50. The number of fused-ring (bicyclic) bond motifs is 1. The van der Waals surface area contributed by atoms with Gasteiger partial charge in [-0.25, -0.2) is 0 Å². The minimum atomic E-state index is -4.57. The molecule has 4 nitrogen and oxygen atoms in total. The minimum absolute atomic E-state index is 0.131. The Hall–Kier alpha value is -3.09. The van der Waals surface area contributed by atoms with Gasteiger partial charge in [-0.3, -0.25) is 9.59 Å². The van der Waals surface area contributed by atoms with Crippen molar-refractivity contribution in [1.82, 2.24) is 4.57 Å². The molecule has 1 heterocycles. The van der Waals surface area contributed by atoms with E-state index < -0.39 is 23.1 Å². The van der Waals surface area contributed by atoms with Crippen LogP contribution in [-0.4, -0.2) is 10.5 Å². The molecule has 0 aliphatic rings. The van der Waals surface area contributed by atoms with Crippen molar-refractivity contribution in [2.24, 2.45) is 0 Å². The lowest BCUT2D eigenvalue weighted by atomic mass is 10.1. The number of alkyl halides is 3. The van der Waals surface area contributed by atoms with Crippen LogP contribution in [0.4, 0.5) is 18.9 Å². The number of aryl methyl sites for hydroxylation is 2. The summed E-state index contributed by atoms with van der Waals surface area (Å²) in [5.41, 5.74) is -0.0232. The maximum atomic E-state index is 13.1. The fraction of sp³-hybridized carbons (Fsp3) is 0.238. The topological polar surface area (TPSA) is 51.1 Å². The summed E-state index contributed by atoms with van der Waals surface area (Å²) in [4.78, 5) is 25.6. The van der Waals surface area contributed by atoms with E-state index in [9.17, 15) is 22.8 Å². The Bertz CT molecular complexity index is 1100. The third-order valence-corrected chi connectivity index (χ3v) is 4.64. The summed E-state index contributed by atoms with van der Waals surface area (Å²) in [5.74, 6) is -0.646. The van der Waals surface area contributed by atoms with Crippen LogP contribution in [0.2, 0.25) is 0 Å². The molecule has 0 radical (unpaired) electrons. The van der Waals surface area contributed by atoms with E-state index in [1.807, 2.05) is 19.1 Å². The molecule has 0 fully saturated rings. The molecule has 3 rings (SSSR count). The van der Waals surface area contributed by atoms with Gasteiger partial charge in [-0.1, -0.05) is 25.1 Å². The first kappa shape index (κ1) is 19.7. The van der Waals surface area contributed by atoms with Gasteiger partial charge in [-0.15, -0.1) is 0 Å². The number of nitrogens with zero attached hydrogens (tertiary/aromatic N) is 1. The highest BCUT2D eigenvalue weighted by molar-refractivity contribution is 6.06. The van der Waals surface area contributed by atoms with Gasteiger partial charge in [0.25, 0.3) is 5.91 Å². The van der Waals surface area contributed by atoms with Gasteiger partial charge in [-0.2, -0.15) is 13.2 Å². The zero-order valence-corrected chi connectivity index (χ0v) is 15.4. The molecule has 28 heavy (non-hydrogen) atoms. The molecule has 0 saturated carbocycles. The Labute approximate surface area is 159 Å². The van der Waals surface area contributed by atoms with Gasteiger partial charge in [0, 0.05) is 23.8 Å². The highest BCUT2D eigenvalue weighted by Gasteiger charge is 2.31. The number of benzene rings is 2. The van der Waals surface area contributed by atoms with Crippen molar-refractivity contribution in [3.63, 3.8) is 0 Å². The largest absolute Gasteiger partial charge is 0.416 e. The Morgan fingerprint density at radius 2 is 1.82 bits per heavy atom. The van der Waals surface area contributed by atoms with Crippen molar-refractivity contribution < 1.29 is 18.0 Å². The average molecular weight is 388 g/mol. The molecule has 0 atom stereocenters. The third kappa shape index (κ3) is 3.65. The van der Waals surface area contributed by atoms with E-state index >= 15 is 0 Å². The number of hydrogen-bond donors (Lipinski definition) is 1. The number of para-hydroxylation sites is 1. The lowest BCUT2D eigenvalue weighted by Crippen LogP contribution is -2.24. The number of nitrogens with one attached hydrogen (secondary N) is 1. The van der Waals surface area contributed by atoms with Crippen LogP contribution in [0, 0.1) is 0 Å². The van der Waals surface area contributed by atoms with E-state index in [0.717, 1.165) is 17.7 Å². The van der Waals surface area contributed by atoms with Crippen molar-refractivity contribution in [3.8, 4) is 0 Å². The first-order valence-corrected chi connectivity index (χ1v) is 8.90. The number of hydrogen-bond acceptors (Lipinski definition) is 2. The number of carbonyl (C=O) groups is 1. The van der Waals surface area contributed by atoms with Gasteiger partial charge in [0.1, 0.15) is 5.56 Å². The second-order valence-electron chi connectivity index (χ2n) is 6.35. The maximum absolute atomic E-state index is 13.1. The number of carbonyl (C=O) groups excluding carboxylic acids is 1. The van der Waals surface area contributed by atoms with Gasteiger partial charge in [0.05, 0.1) is 11.1 Å². The predicted molar refractivity (Wildman–Crippen MR) is 103 cm³/mol. The Morgan fingerprint density at radius 3 is 2.46 bits per heavy atom. The molecule has 0 aliphatic carbocycles. The summed E-state index contributed by atoms with van der Waals surface area (Å²) in [7, 11) is 0. The van der Waals surface area contributed by atoms with Crippen molar-refractivity contribution in [2.75, 3.05) is 5.32 Å². The van der Waals surface area contributed by atoms with Crippen LogP contribution in [0.25, 0.3) is 10.9 Å². The summed E-state index contributed by atoms with van der Waals surface area (Å²) in [6.45, 7) is 4.12. The fourth-order valence-electron chi connectivity index (χ4n) is 3.14. The Morgan fingerprint density at radius 1 is 1.11 bits per heavy atom. The molecule has 146 valence electrons. The summed E-state index contributed by atoms with van der Waals surface area (Å²) < 4.78 is 40.8. The fourth-order valence-corrected chi connectivity index (χ4v) is 3.14. The molecular weight excluding hydrogens is 369 g/mol. The maximum Gasteiger partial charge on any atom is 0.416 e. The van der Waals surface area contributed by atoms with Crippen LogP contribution < -0.4 is 10.7 Å². The molecular formula is C21H19F3N2O2. The highest BCUT2D eigenvalue weighted by atomic mass is 19.4. The zero-order valence-electron chi connectivity index (χ0n) is 15.4. The lowest BCUT2D eigenvalue weighted by molar-refractivity contribution is -0.137. The van der Waals surface area contributed by atoms with Crippen molar-refractivity contribution in [3.05, 3.63) is 75.6 Å². The van der Waals surface area contributed by atoms with Crippen LogP contribution in [0.5, 0.6) is 0 Å². The molecule has 2 aromatic carbocycles. The standard InChI is InChI=1S/C21H19F3N2O2/c1-3-13-7-5-6-8-17(13)25-20(28)16-12-26(4-2)18-10-9-14(21(22,23)24)11-15(18)19(16)27/h5-12H,3-4H2,1-2H3,(H,25,28). The van der Waals surface area contributed by atoms with Crippen molar-refractivity contribution >= 4 is 22.5 Å². The molecule has 0 unspecified atom stereocenters. The van der Waals surface area contributed by atoms with E-state index in [4.69, 9.17) is 0 Å². The first-order chi connectivity index (χ1) is 13.3. The van der Waals surface area contributed by atoms with Crippen molar-refractivity contribution in [2.45, 2.75) is 33.0 Å². The van der Waals surface area contributed by atoms with E-state index in [1.165, 1.54) is 12.3 Å². The molecule has 0 spiro atoms. The molecule has 0 aliphatic heterocycles. The summed E-state index contributed by atoms with van der Waals surface area (Å²) in [5, 5.41) is 2.57. The van der Waals surface area contributed by atoms with Crippen LogP contribution >= 0.6 is 0 Å². The summed E-state index contributed by atoms with van der Waals surface area (Å²) in [6, 6.07) is 10.2. The number of amides is 1. The van der Waals surface area contributed by atoms with E-state index in [1.54, 1.807) is 23.6 Å². The Kier molecular flexibility index (Phi) is 5.27. The number of anilines is 1. The second-order valence-corrected chi connectivity index (χ2v) is 6.35. The lowest BCUT2D eigenvalue weighted by Gasteiger charge is -2.14. The van der Waals surface area contributed by atoms with E-state index in [-0.39, 0.29) is 10.9 Å². The van der Waals surface area contributed by atoms with Gasteiger partial charge in [0.2, 0.25) is 5.43 Å². The van der Waals surface area contributed by atoms with Crippen LogP contribution in [0.1, 0.15) is 35.3 Å². The highest BCUT2D eigenvalue weighted by Crippen LogP contribution is 2.31. The van der Waals surface area contributed by atoms with Crippen molar-refractivity contribution in [1.29, 1.82) is 0 Å². The normalized spacial score (nSPS) is 11.6. The van der Waals surface area contributed by atoms with E-state index in [0.29, 0.717) is 24.2 Å². The first-order valence-electron chi connectivity index (χ1n) is 8.90. The van der Waals surface area contributed by atoms with Crippen LogP contribution in [0.3, 0.4) is 0 Å². The molecule has 3 aromatic rings. The molecule has 1 aromatic heterocycles. The Balaban J connectivity index is 2.13. The van der Waals surface area contributed by atoms with E-state index in [2.05, 4.69) is 5.32 Å². The number of halogens is 3. The van der Waals surface area contributed by atoms with Crippen LogP contribution in [-0.2, 0) is 19.1 Å².